The second kappa shape index (κ2) is 11.2. The number of halogens is 2. The lowest BCUT2D eigenvalue weighted by atomic mass is 10.2. The highest BCUT2D eigenvalue weighted by Gasteiger charge is 2.10. The number of ether oxygens (including phenoxy) is 1. The van der Waals surface area contributed by atoms with Crippen LogP contribution in [0.5, 0.6) is 5.75 Å². The third-order valence-corrected chi connectivity index (χ3v) is 6.43. The van der Waals surface area contributed by atoms with E-state index in [0.717, 1.165) is 21.2 Å². The molecule has 0 spiro atoms. The number of hydrazone groups is 1. The van der Waals surface area contributed by atoms with E-state index in [1.807, 2.05) is 66.7 Å². The van der Waals surface area contributed by atoms with Gasteiger partial charge in [-0.3, -0.25) is 0 Å². The Bertz CT molecular complexity index is 1270. The molecule has 0 atom stereocenters. The fraction of sp³-hybridized carbons (Fsp3) is 0.0870. The van der Waals surface area contributed by atoms with E-state index in [1.54, 1.807) is 6.21 Å². The maximum Gasteiger partial charge on any atom is 0.264 e. The van der Waals surface area contributed by atoms with E-state index in [1.165, 1.54) is 16.4 Å². The molecule has 0 amide bonds. The third kappa shape index (κ3) is 6.28. The maximum atomic E-state index is 6.22. The predicted molar refractivity (Wildman–Crippen MR) is 137 cm³/mol. The summed E-state index contributed by atoms with van der Waals surface area (Å²) in [4.78, 5) is 0. The molecule has 33 heavy (non-hydrogen) atoms. The van der Waals surface area contributed by atoms with Gasteiger partial charge in [-0.1, -0.05) is 81.8 Å². The minimum absolute atomic E-state index is 0.331. The number of benzene rings is 3. The van der Waals surface area contributed by atoms with Crippen molar-refractivity contribution in [2.75, 3.05) is 11.3 Å². The smallest absolute Gasteiger partial charge is 0.264 e. The molecule has 0 saturated heterocycles. The van der Waals surface area contributed by atoms with Crippen LogP contribution in [0, 0.1) is 0 Å². The summed E-state index contributed by atoms with van der Waals surface area (Å²) in [5, 5.41) is 13.7. The van der Waals surface area contributed by atoms with Crippen molar-refractivity contribution in [3.8, 4) is 5.75 Å². The van der Waals surface area contributed by atoms with Gasteiger partial charge in [-0.25, -0.2) is 10.1 Å². The lowest BCUT2D eigenvalue weighted by Crippen LogP contribution is -2.13. The summed E-state index contributed by atoms with van der Waals surface area (Å²) in [6.45, 7) is 0.355. The van der Waals surface area contributed by atoms with Gasteiger partial charge in [0.15, 0.2) is 0 Å². The first-order valence-corrected chi connectivity index (χ1v) is 12.1. The van der Waals surface area contributed by atoms with E-state index >= 15 is 0 Å². The molecule has 1 aromatic heterocycles. The molecule has 0 aliphatic rings. The zero-order valence-electron chi connectivity index (χ0n) is 17.4. The van der Waals surface area contributed by atoms with Gasteiger partial charge in [-0.2, -0.15) is 5.10 Å². The van der Waals surface area contributed by atoms with Crippen molar-refractivity contribution in [3.63, 3.8) is 0 Å². The van der Waals surface area contributed by atoms with Crippen molar-refractivity contribution in [1.29, 1.82) is 0 Å². The number of nitrogen functional groups attached to an aromatic ring is 1. The van der Waals surface area contributed by atoms with Gasteiger partial charge in [-0.05, 0) is 35.9 Å². The Kier molecular flexibility index (Phi) is 7.87. The van der Waals surface area contributed by atoms with Gasteiger partial charge in [0.25, 0.3) is 5.95 Å². The van der Waals surface area contributed by atoms with Crippen molar-refractivity contribution in [3.05, 3.63) is 99.0 Å². The Hall–Kier alpha value is -3.01. The van der Waals surface area contributed by atoms with Crippen LogP contribution in [0.3, 0.4) is 0 Å². The Morgan fingerprint density at radius 1 is 1.09 bits per heavy atom. The molecule has 3 N–H and O–H groups in total. The highest BCUT2D eigenvalue weighted by molar-refractivity contribution is 9.10. The lowest BCUT2D eigenvalue weighted by Gasteiger charge is -2.10. The largest absolute Gasteiger partial charge is 0.488 e. The van der Waals surface area contributed by atoms with Crippen LogP contribution in [0.2, 0.25) is 5.02 Å². The van der Waals surface area contributed by atoms with Crippen molar-refractivity contribution >= 4 is 51.5 Å². The molecule has 0 aliphatic heterocycles. The molecule has 0 saturated carbocycles. The summed E-state index contributed by atoms with van der Waals surface area (Å²) < 4.78 is 8.35. The molecule has 1 heterocycles. The molecule has 7 nitrogen and oxygen atoms in total. The van der Waals surface area contributed by atoms with Crippen LogP contribution in [-0.4, -0.2) is 21.1 Å². The summed E-state index contributed by atoms with van der Waals surface area (Å²) in [5.74, 6) is 7.85. The van der Waals surface area contributed by atoms with E-state index < -0.39 is 0 Å². The second-order valence-corrected chi connectivity index (χ2v) is 9.15. The van der Waals surface area contributed by atoms with Gasteiger partial charge in [0.05, 0.1) is 6.21 Å². The number of rotatable bonds is 9. The average Bonchev–Trinajstić information content (AvgIpc) is 3.17. The monoisotopic (exact) mass is 542 g/mol. The van der Waals surface area contributed by atoms with Crippen LogP contribution < -0.4 is 16.0 Å². The molecule has 168 valence electrons. The molecule has 0 unspecified atom stereocenters. The molecule has 4 rings (SSSR count). The Balaban J connectivity index is 1.37. The SMILES string of the molecule is Nn1c(N/N=C/c2ccccc2OCc2ccccc2Cl)nnc1SCc1cccc(Br)c1. The Morgan fingerprint density at radius 3 is 2.76 bits per heavy atom. The van der Waals surface area contributed by atoms with Crippen LogP contribution in [0.25, 0.3) is 0 Å². The first-order chi connectivity index (χ1) is 16.1. The highest BCUT2D eigenvalue weighted by atomic mass is 79.9. The van der Waals surface area contributed by atoms with E-state index in [-0.39, 0.29) is 0 Å². The number of nitrogens with one attached hydrogen (secondary N) is 1. The fourth-order valence-corrected chi connectivity index (χ4v) is 4.31. The predicted octanol–water partition coefficient (Wildman–Crippen LogP) is 5.73. The summed E-state index contributed by atoms with van der Waals surface area (Å²) in [6, 6.07) is 23.2. The standard InChI is InChI=1S/C23H20BrClN6OS/c24-19-9-5-6-16(12-19)15-33-23-30-29-22(31(23)26)28-27-13-17-7-2-4-11-21(17)32-14-18-8-1-3-10-20(18)25/h1-13H,14-15,26H2,(H,28,29)/b27-13+. The lowest BCUT2D eigenvalue weighted by molar-refractivity contribution is 0.306. The number of nitrogens with two attached hydrogens (primary N) is 1. The number of hydrogen-bond donors (Lipinski definition) is 2. The van der Waals surface area contributed by atoms with E-state index in [2.05, 4.69) is 42.7 Å². The zero-order chi connectivity index (χ0) is 23.0. The van der Waals surface area contributed by atoms with Crippen molar-refractivity contribution in [2.24, 2.45) is 5.10 Å². The molecule has 10 heteroatoms. The number of thioether (sulfide) groups is 1. The topological polar surface area (TPSA) is 90.3 Å². The van der Waals surface area contributed by atoms with Gasteiger partial charge in [0.1, 0.15) is 12.4 Å². The molecule has 0 aliphatic carbocycles. The van der Waals surface area contributed by atoms with Crippen molar-refractivity contribution in [2.45, 2.75) is 17.5 Å². The number of anilines is 1. The van der Waals surface area contributed by atoms with Crippen molar-refractivity contribution < 1.29 is 4.74 Å². The normalized spacial score (nSPS) is 11.1. The number of hydrogen-bond acceptors (Lipinski definition) is 7. The Labute approximate surface area is 209 Å². The van der Waals surface area contributed by atoms with Gasteiger partial charge < -0.3 is 10.6 Å². The minimum atomic E-state index is 0.331. The zero-order valence-corrected chi connectivity index (χ0v) is 20.5. The number of para-hydroxylation sites is 1. The third-order valence-electron chi connectivity index (χ3n) is 4.55. The van der Waals surface area contributed by atoms with Crippen LogP contribution in [0.15, 0.2) is 87.5 Å². The van der Waals surface area contributed by atoms with Crippen molar-refractivity contribution in [1.82, 2.24) is 14.9 Å². The van der Waals surface area contributed by atoms with Gasteiger partial charge >= 0.3 is 0 Å². The number of aromatic nitrogens is 3. The van der Waals surface area contributed by atoms with Crippen LogP contribution in [0.4, 0.5) is 5.95 Å². The minimum Gasteiger partial charge on any atom is -0.488 e. The van der Waals surface area contributed by atoms with Crippen LogP contribution in [0.1, 0.15) is 16.7 Å². The molecule has 0 fully saturated rings. The summed E-state index contributed by atoms with van der Waals surface area (Å²) in [7, 11) is 0. The summed E-state index contributed by atoms with van der Waals surface area (Å²) in [6.07, 6.45) is 1.64. The molecular formula is C23H20BrClN6OS. The molecule has 0 bridgehead atoms. The van der Waals surface area contributed by atoms with Crippen LogP contribution >= 0.6 is 39.3 Å². The van der Waals surface area contributed by atoms with Crippen LogP contribution in [-0.2, 0) is 12.4 Å². The summed E-state index contributed by atoms with van der Waals surface area (Å²) >= 11 is 11.2. The molecule has 3 aromatic carbocycles. The molecule has 0 radical (unpaired) electrons. The fourth-order valence-electron chi connectivity index (χ4n) is 2.88. The quantitative estimate of drug-likeness (QED) is 0.121. The van der Waals surface area contributed by atoms with E-state index in [9.17, 15) is 0 Å². The van der Waals surface area contributed by atoms with E-state index in [0.29, 0.717) is 34.2 Å². The Morgan fingerprint density at radius 2 is 1.91 bits per heavy atom. The maximum absolute atomic E-state index is 6.22. The highest BCUT2D eigenvalue weighted by Crippen LogP contribution is 2.24. The molecule has 4 aromatic rings. The van der Waals surface area contributed by atoms with E-state index in [4.69, 9.17) is 22.2 Å². The first kappa shape index (κ1) is 23.2. The summed E-state index contributed by atoms with van der Waals surface area (Å²) in [5.41, 5.74) is 5.69. The van der Waals surface area contributed by atoms with Gasteiger partial charge in [0, 0.05) is 26.4 Å². The second-order valence-electron chi connectivity index (χ2n) is 6.88. The first-order valence-electron chi connectivity index (χ1n) is 9.92. The number of nitrogens with zero attached hydrogens (tertiary/aromatic N) is 4. The average molecular weight is 544 g/mol. The van der Waals surface area contributed by atoms with Gasteiger partial charge in [0.2, 0.25) is 5.16 Å². The molecular weight excluding hydrogens is 524 g/mol. The van der Waals surface area contributed by atoms with Gasteiger partial charge in [-0.15, -0.1) is 10.2 Å².